The molecular weight excluding hydrogens is 232 g/mol. The van der Waals surface area contributed by atoms with E-state index in [0.717, 1.165) is 0 Å². The van der Waals surface area contributed by atoms with Crippen molar-refractivity contribution >= 4 is 5.69 Å². The first-order valence-electron chi connectivity index (χ1n) is 5.86. The summed E-state index contributed by atoms with van der Waals surface area (Å²) < 4.78 is 5.33. The number of nitriles is 1. The Bertz CT molecular complexity index is 413. The molecule has 0 saturated carbocycles. The Labute approximate surface area is 107 Å². The fourth-order valence-electron chi connectivity index (χ4n) is 1.23. The summed E-state index contributed by atoms with van der Waals surface area (Å²) >= 11 is 0. The third kappa shape index (κ3) is 5.41. The monoisotopic (exact) mass is 250 g/mol. The molecule has 0 radical (unpaired) electrons. The van der Waals surface area contributed by atoms with Gasteiger partial charge in [-0.1, -0.05) is 26.0 Å². The zero-order valence-corrected chi connectivity index (χ0v) is 10.9. The Kier molecular flexibility index (Phi) is 8.16. The van der Waals surface area contributed by atoms with Crippen molar-refractivity contribution in [1.82, 2.24) is 0 Å². The first-order chi connectivity index (χ1) is 8.65. The minimum Gasteiger partial charge on any atom is -0.372 e. The molecule has 0 aliphatic carbocycles. The van der Waals surface area contributed by atoms with Crippen molar-refractivity contribution in [3.63, 3.8) is 0 Å². The standard InChI is InChI=1S/C11H12N2O3.C2H6/c1-9(6-7-12)16-8-10-4-2-3-5-11(10)13(14)15;1-2/h2-5,9H,6,8H2,1H3;1-2H3. The third-order valence-electron chi connectivity index (χ3n) is 2.09. The van der Waals surface area contributed by atoms with Crippen LogP contribution >= 0.6 is 0 Å². The minimum atomic E-state index is -0.437. The molecule has 0 bridgehead atoms. The summed E-state index contributed by atoms with van der Waals surface area (Å²) in [6.45, 7) is 5.91. The normalized spacial score (nSPS) is 10.8. The molecule has 1 aromatic carbocycles. The number of nitrogens with zero attached hydrogens (tertiary/aromatic N) is 2. The SMILES string of the molecule is CC.CC(CC#N)OCc1ccccc1[N+](=O)[O-]. The van der Waals surface area contributed by atoms with Crippen LogP contribution in [-0.4, -0.2) is 11.0 Å². The van der Waals surface area contributed by atoms with Crippen LogP contribution in [0.4, 0.5) is 5.69 Å². The van der Waals surface area contributed by atoms with Crippen LogP contribution in [0.5, 0.6) is 0 Å². The Morgan fingerprint density at radius 2 is 2.06 bits per heavy atom. The summed E-state index contributed by atoms with van der Waals surface area (Å²) in [6, 6.07) is 8.40. The van der Waals surface area contributed by atoms with Crippen molar-refractivity contribution in [2.24, 2.45) is 0 Å². The lowest BCUT2D eigenvalue weighted by molar-refractivity contribution is -0.386. The minimum absolute atomic E-state index is 0.0478. The summed E-state index contributed by atoms with van der Waals surface area (Å²) in [6.07, 6.45) is 0.0606. The molecule has 0 aliphatic rings. The van der Waals surface area contributed by atoms with E-state index in [1.165, 1.54) is 6.07 Å². The lowest BCUT2D eigenvalue weighted by Gasteiger charge is -2.09. The quantitative estimate of drug-likeness (QED) is 0.592. The molecule has 1 unspecified atom stereocenters. The highest BCUT2D eigenvalue weighted by Gasteiger charge is 2.13. The van der Waals surface area contributed by atoms with E-state index in [9.17, 15) is 10.1 Å². The molecular formula is C13H18N2O3. The van der Waals surface area contributed by atoms with Crippen LogP contribution in [0.1, 0.15) is 32.8 Å². The molecule has 0 amide bonds. The first-order valence-corrected chi connectivity index (χ1v) is 5.86. The van der Waals surface area contributed by atoms with Gasteiger partial charge in [0.05, 0.1) is 35.7 Å². The van der Waals surface area contributed by atoms with Gasteiger partial charge in [0, 0.05) is 6.07 Å². The molecule has 0 N–H and O–H groups in total. The Hall–Kier alpha value is -1.93. The van der Waals surface area contributed by atoms with E-state index >= 15 is 0 Å². The number of nitro benzene ring substituents is 1. The van der Waals surface area contributed by atoms with Gasteiger partial charge in [-0.2, -0.15) is 5.26 Å². The Morgan fingerprint density at radius 1 is 1.44 bits per heavy atom. The summed E-state index contributed by atoms with van der Waals surface area (Å²) in [5.41, 5.74) is 0.573. The van der Waals surface area contributed by atoms with E-state index in [1.807, 2.05) is 19.9 Å². The highest BCUT2D eigenvalue weighted by Crippen LogP contribution is 2.19. The predicted octanol–water partition coefficient (Wildman–Crippen LogP) is 3.44. The number of para-hydroxylation sites is 1. The number of nitro groups is 1. The highest BCUT2D eigenvalue weighted by molar-refractivity contribution is 5.39. The van der Waals surface area contributed by atoms with Crippen molar-refractivity contribution in [3.05, 3.63) is 39.9 Å². The Morgan fingerprint density at radius 3 is 2.61 bits per heavy atom. The average Bonchev–Trinajstić information content (AvgIpc) is 2.39. The second-order valence-corrected chi connectivity index (χ2v) is 3.37. The molecule has 5 nitrogen and oxygen atoms in total. The van der Waals surface area contributed by atoms with Gasteiger partial charge >= 0.3 is 0 Å². The van der Waals surface area contributed by atoms with Crippen LogP contribution in [0.25, 0.3) is 0 Å². The van der Waals surface area contributed by atoms with Crippen LogP contribution in [0.3, 0.4) is 0 Å². The fraction of sp³-hybridized carbons (Fsp3) is 0.462. The van der Waals surface area contributed by atoms with Crippen molar-refractivity contribution in [2.75, 3.05) is 0 Å². The van der Waals surface area contributed by atoms with Gasteiger partial charge in [0.2, 0.25) is 0 Å². The maximum absolute atomic E-state index is 10.7. The third-order valence-corrected chi connectivity index (χ3v) is 2.09. The van der Waals surface area contributed by atoms with Crippen LogP contribution < -0.4 is 0 Å². The van der Waals surface area contributed by atoms with E-state index in [-0.39, 0.29) is 24.8 Å². The van der Waals surface area contributed by atoms with Gasteiger partial charge in [0.1, 0.15) is 0 Å². The molecule has 0 fully saturated rings. The molecule has 1 aromatic rings. The van der Waals surface area contributed by atoms with Crippen molar-refractivity contribution in [1.29, 1.82) is 5.26 Å². The van der Waals surface area contributed by atoms with Gasteiger partial charge in [-0.3, -0.25) is 10.1 Å². The number of rotatable bonds is 5. The number of hydrogen-bond donors (Lipinski definition) is 0. The topological polar surface area (TPSA) is 76.2 Å². The maximum Gasteiger partial charge on any atom is 0.274 e. The van der Waals surface area contributed by atoms with Gasteiger partial charge in [0.25, 0.3) is 5.69 Å². The van der Waals surface area contributed by atoms with E-state index in [4.69, 9.17) is 10.00 Å². The summed E-state index contributed by atoms with van der Waals surface area (Å²) in [5, 5.41) is 19.1. The molecule has 0 saturated heterocycles. The molecule has 0 heterocycles. The zero-order valence-electron chi connectivity index (χ0n) is 10.9. The van der Waals surface area contributed by atoms with Gasteiger partial charge in [-0.25, -0.2) is 0 Å². The van der Waals surface area contributed by atoms with Crippen LogP contribution in [0.2, 0.25) is 0 Å². The predicted molar refractivity (Wildman–Crippen MR) is 68.9 cm³/mol. The van der Waals surface area contributed by atoms with Gasteiger partial charge in [0.15, 0.2) is 0 Å². The molecule has 1 atom stereocenters. The number of hydrogen-bond acceptors (Lipinski definition) is 4. The average molecular weight is 250 g/mol. The first kappa shape index (κ1) is 16.1. The molecule has 0 aromatic heterocycles. The summed E-state index contributed by atoms with van der Waals surface area (Å²) in [7, 11) is 0. The second-order valence-electron chi connectivity index (χ2n) is 3.37. The fourth-order valence-corrected chi connectivity index (χ4v) is 1.23. The molecule has 18 heavy (non-hydrogen) atoms. The van der Waals surface area contributed by atoms with Crippen LogP contribution in [0.15, 0.2) is 24.3 Å². The van der Waals surface area contributed by atoms with Crippen molar-refractivity contribution in [3.8, 4) is 6.07 Å². The molecule has 0 spiro atoms. The number of ether oxygens (including phenoxy) is 1. The molecule has 0 aliphatic heterocycles. The van der Waals surface area contributed by atoms with Gasteiger partial charge in [-0.15, -0.1) is 0 Å². The van der Waals surface area contributed by atoms with E-state index in [0.29, 0.717) is 5.56 Å². The largest absolute Gasteiger partial charge is 0.372 e. The Balaban J connectivity index is 0.00000137. The van der Waals surface area contributed by atoms with E-state index in [1.54, 1.807) is 25.1 Å². The van der Waals surface area contributed by atoms with Gasteiger partial charge in [-0.05, 0) is 13.0 Å². The second kappa shape index (κ2) is 9.14. The lowest BCUT2D eigenvalue weighted by Crippen LogP contribution is -2.08. The maximum atomic E-state index is 10.7. The molecule has 98 valence electrons. The molecule has 1 rings (SSSR count). The lowest BCUT2D eigenvalue weighted by atomic mass is 10.2. The van der Waals surface area contributed by atoms with Crippen LogP contribution in [-0.2, 0) is 11.3 Å². The van der Waals surface area contributed by atoms with E-state index in [2.05, 4.69) is 0 Å². The summed E-state index contributed by atoms with van der Waals surface area (Å²) in [5.74, 6) is 0. The zero-order chi connectivity index (χ0) is 14.0. The van der Waals surface area contributed by atoms with Gasteiger partial charge < -0.3 is 4.74 Å². The highest BCUT2D eigenvalue weighted by atomic mass is 16.6. The van der Waals surface area contributed by atoms with Crippen LogP contribution in [0, 0.1) is 21.4 Å². The van der Waals surface area contributed by atoms with Crippen molar-refractivity contribution in [2.45, 2.75) is 39.9 Å². The molecule has 5 heteroatoms. The smallest absolute Gasteiger partial charge is 0.274 e. The van der Waals surface area contributed by atoms with Crippen molar-refractivity contribution < 1.29 is 9.66 Å². The summed E-state index contributed by atoms with van der Waals surface area (Å²) in [4.78, 5) is 10.3. The number of benzene rings is 1. The van der Waals surface area contributed by atoms with E-state index < -0.39 is 4.92 Å².